The molecule has 0 N–H and O–H groups in total. The SMILES string of the molecule is O=C(c1ccc(F)cc1Br)c1cncc2ccccc12. The Morgan fingerprint density at radius 2 is 1.85 bits per heavy atom. The van der Waals surface area contributed by atoms with Crippen molar-refractivity contribution in [1.82, 2.24) is 4.98 Å². The van der Waals surface area contributed by atoms with Crippen molar-refractivity contribution in [3.63, 3.8) is 0 Å². The molecular weight excluding hydrogens is 321 g/mol. The Balaban J connectivity index is 2.18. The summed E-state index contributed by atoms with van der Waals surface area (Å²) < 4.78 is 13.6. The van der Waals surface area contributed by atoms with E-state index in [4.69, 9.17) is 0 Å². The van der Waals surface area contributed by atoms with Crippen molar-refractivity contribution in [2.24, 2.45) is 0 Å². The second-order valence-corrected chi connectivity index (χ2v) is 5.22. The van der Waals surface area contributed by atoms with Crippen LogP contribution in [0.5, 0.6) is 0 Å². The molecule has 3 aromatic rings. The van der Waals surface area contributed by atoms with Gasteiger partial charge in [0.15, 0.2) is 5.78 Å². The lowest BCUT2D eigenvalue weighted by atomic mass is 10.00. The van der Waals surface area contributed by atoms with Gasteiger partial charge in [-0.1, -0.05) is 24.3 Å². The van der Waals surface area contributed by atoms with Crippen LogP contribution >= 0.6 is 15.9 Å². The Kier molecular flexibility index (Phi) is 3.32. The van der Waals surface area contributed by atoms with Crippen LogP contribution in [0.15, 0.2) is 59.3 Å². The Labute approximate surface area is 123 Å². The minimum absolute atomic E-state index is 0.179. The Hall–Kier alpha value is -2.07. The number of carbonyl (C=O) groups is 1. The minimum Gasteiger partial charge on any atom is -0.288 e. The quantitative estimate of drug-likeness (QED) is 0.653. The molecule has 0 aliphatic heterocycles. The van der Waals surface area contributed by atoms with Crippen molar-refractivity contribution in [3.8, 4) is 0 Å². The molecule has 0 amide bonds. The van der Waals surface area contributed by atoms with Crippen molar-refractivity contribution >= 4 is 32.5 Å². The zero-order valence-electron chi connectivity index (χ0n) is 10.3. The first-order valence-electron chi connectivity index (χ1n) is 5.99. The number of aromatic nitrogens is 1. The molecule has 0 aliphatic rings. The fraction of sp³-hybridized carbons (Fsp3) is 0. The lowest BCUT2D eigenvalue weighted by molar-refractivity contribution is 0.103. The lowest BCUT2D eigenvalue weighted by Gasteiger charge is -2.07. The van der Waals surface area contributed by atoms with Gasteiger partial charge in [-0.05, 0) is 39.5 Å². The van der Waals surface area contributed by atoms with Crippen LogP contribution in [0.3, 0.4) is 0 Å². The molecule has 0 radical (unpaired) electrons. The highest BCUT2D eigenvalue weighted by molar-refractivity contribution is 9.10. The molecule has 0 spiro atoms. The average Bonchev–Trinajstić information content (AvgIpc) is 2.46. The third-order valence-electron chi connectivity index (χ3n) is 3.09. The predicted octanol–water partition coefficient (Wildman–Crippen LogP) is 4.37. The van der Waals surface area contributed by atoms with Crippen LogP contribution in [0.2, 0.25) is 0 Å². The van der Waals surface area contributed by atoms with Crippen molar-refractivity contribution in [3.05, 3.63) is 76.3 Å². The van der Waals surface area contributed by atoms with Gasteiger partial charge >= 0.3 is 0 Å². The van der Waals surface area contributed by atoms with Crippen LogP contribution in [0.25, 0.3) is 10.8 Å². The summed E-state index contributed by atoms with van der Waals surface area (Å²) in [6.07, 6.45) is 3.26. The van der Waals surface area contributed by atoms with E-state index in [1.807, 2.05) is 24.3 Å². The van der Waals surface area contributed by atoms with Crippen LogP contribution in [-0.4, -0.2) is 10.8 Å². The molecule has 0 atom stereocenters. The summed E-state index contributed by atoms with van der Waals surface area (Å²) >= 11 is 3.23. The first-order valence-corrected chi connectivity index (χ1v) is 6.78. The molecule has 2 aromatic carbocycles. The standard InChI is InChI=1S/C16H9BrFNO/c17-15-7-11(18)5-6-13(15)16(20)14-9-19-8-10-3-1-2-4-12(10)14/h1-9H. The van der Waals surface area contributed by atoms with Gasteiger partial charge in [0.2, 0.25) is 0 Å². The van der Waals surface area contributed by atoms with Crippen LogP contribution in [0.4, 0.5) is 4.39 Å². The summed E-state index contributed by atoms with van der Waals surface area (Å²) in [7, 11) is 0. The molecule has 0 saturated carbocycles. The molecule has 0 aliphatic carbocycles. The summed E-state index contributed by atoms with van der Waals surface area (Å²) in [6.45, 7) is 0. The Morgan fingerprint density at radius 1 is 1.05 bits per heavy atom. The van der Waals surface area contributed by atoms with Crippen molar-refractivity contribution in [1.29, 1.82) is 0 Å². The predicted molar refractivity (Wildman–Crippen MR) is 79.3 cm³/mol. The van der Waals surface area contributed by atoms with Gasteiger partial charge in [-0.2, -0.15) is 0 Å². The molecule has 1 heterocycles. The van der Waals surface area contributed by atoms with E-state index < -0.39 is 0 Å². The average molecular weight is 330 g/mol. The second kappa shape index (κ2) is 5.13. The topological polar surface area (TPSA) is 30.0 Å². The van der Waals surface area contributed by atoms with E-state index in [-0.39, 0.29) is 11.6 Å². The fourth-order valence-corrected chi connectivity index (χ4v) is 2.65. The number of rotatable bonds is 2. The van der Waals surface area contributed by atoms with E-state index in [1.54, 1.807) is 12.4 Å². The third-order valence-corrected chi connectivity index (χ3v) is 3.74. The number of halogens is 2. The minimum atomic E-state index is -0.385. The maximum Gasteiger partial charge on any atom is 0.196 e. The van der Waals surface area contributed by atoms with Crippen molar-refractivity contribution in [2.75, 3.05) is 0 Å². The smallest absolute Gasteiger partial charge is 0.196 e. The van der Waals surface area contributed by atoms with E-state index >= 15 is 0 Å². The number of pyridine rings is 1. The van der Waals surface area contributed by atoms with E-state index in [9.17, 15) is 9.18 Å². The van der Waals surface area contributed by atoms with Gasteiger partial charge in [-0.15, -0.1) is 0 Å². The number of hydrogen-bond acceptors (Lipinski definition) is 2. The van der Waals surface area contributed by atoms with Gasteiger partial charge in [-0.3, -0.25) is 9.78 Å². The number of hydrogen-bond donors (Lipinski definition) is 0. The number of benzene rings is 2. The fourth-order valence-electron chi connectivity index (χ4n) is 2.12. The highest BCUT2D eigenvalue weighted by Crippen LogP contribution is 2.24. The normalized spacial score (nSPS) is 10.7. The van der Waals surface area contributed by atoms with E-state index in [0.29, 0.717) is 15.6 Å². The maximum atomic E-state index is 13.1. The Bertz CT molecular complexity index is 811. The number of fused-ring (bicyclic) bond motifs is 1. The third kappa shape index (κ3) is 2.23. The number of nitrogens with zero attached hydrogens (tertiary/aromatic N) is 1. The summed E-state index contributed by atoms with van der Waals surface area (Å²) in [6, 6.07) is 11.6. The molecule has 1 aromatic heterocycles. The van der Waals surface area contributed by atoms with Gasteiger partial charge in [0.1, 0.15) is 5.82 Å². The first kappa shape index (κ1) is 12.9. The second-order valence-electron chi connectivity index (χ2n) is 4.36. The zero-order valence-corrected chi connectivity index (χ0v) is 11.9. The lowest BCUT2D eigenvalue weighted by Crippen LogP contribution is -2.04. The molecule has 3 rings (SSSR count). The van der Waals surface area contributed by atoms with Gasteiger partial charge in [0, 0.05) is 33.4 Å². The van der Waals surface area contributed by atoms with Crippen LogP contribution in [-0.2, 0) is 0 Å². The highest BCUT2D eigenvalue weighted by Gasteiger charge is 2.16. The molecule has 0 saturated heterocycles. The molecule has 0 fully saturated rings. The zero-order chi connectivity index (χ0) is 14.1. The largest absolute Gasteiger partial charge is 0.288 e. The van der Waals surface area contributed by atoms with Gasteiger partial charge < -0.3 is 0 Å². The molecular formula is C16H9BrFNO. The van der Waals surface area contributed by atoms with Gasteiger partial charge in [-0.25, -0.2) is 4.39 Å². The molecule has 0 unspecified atom stereocenters. The maximum absolute atomic E-state index is 13.1. The van der Waals surface area contributed by atoms with Crippen LogP contribution in [0, 0.1) is 5.82 Å². The molecule has 2 nitrogen and oxygen atoms in total. The number of ketones is 1. The highest BCUT2D eigenvalue weighted by atomic mass is 79.9. The Morgan fingerprint density at radius 3 is 2.65 bits per heavy atom. The summed E-state index contributed by atoms with van der Waals surface area (Å²) in [4.78, 5) is 16.7. The van der Waals surface area contributed by atoms with Crippen LogP contribution < -0.4 is 0 Å². The summed E-state index contributed by atoms with van der Waals surface area (Å²) in [5, 5.41) is 1.74. The van der Waals surface area contributed by atoms with Crippen molar-refractivity contribution < 1.29 is 9.18 Å². The van der Waals surface area contributed by atoms with Gasteiger partial charge in [0.05, 0.1) is 0 Å². The monoisotopic (exact) mass is 329 g/mol. The van der Waals surface area contributed by atoms with Crippen LogP contribution in [0.1, 0.15) is 15.9 Å². The number of carbonyl (C=O) groups excluding carboxylic acids is 1. The summed E-state index contributed by atoms with van der Waals surface area (Å²) in [5.41, 5.74) is 0.931. The first-order chi connectivity index (χ1) is 9.66. The van der Waals surface area contributed by atoms with E-state index in [1.165, 1.54) is 18.2 Å². The molecule has 0 bridgehead atoms. The van der Waals surface area contributed by atoms with E-state index in [2.05, 4.69) is 20.9 Å². The molecule has 20 heavy (non-hydrogen) atoms. The van der Waals surface area contributed by atoms with E-state index in [0.717, 1.165) is 10.8 Å². The van der Waals surface area contributed by atoms with Crippen molar-refractivity contribution in [2.45, 2.75) is 0 Å². The van der Waals surface area contributed by atoms with Gasteiger partial charge in [0.25, 0.3) is 0 Å². The summed E-state index contributed by atoms with van der Waals surface area (Å²) in [5.74, 6) is -0.564. The molecule has 4 heteroatoms. The molecule has 98 valence electrons.